The number of carbonyl (C=O) groups excluding carboxylic acids is 2. The maximum Gasteiger partial charge on any atom is 0.433 e. The first-order valence-corrected chi connectivity index (χ1v) is 9.17. The number of pyridine rings is 1. The van der Waals surface area contributed by atoms with E-state index >= 15 is 0 Å². The van der Waals surface area contributed by atoms with Crippen LogP contribution in [0.25, 0.3) is 0 Å². The fourth-order valence-electron chi connectivity index (χ4n) is 3.41. The fourth-order valence-corrected chi connectivity index (χ4v) is 3.41. The number of halogens is 3. The van der Waals surface area contributed by atoms with Gasteiger partial charge in [0.1, 0.15) is 5.69 Å². The first kappa shape index (κ1) is 19.6. The summed E-state index contributed by atoms with van der Waals surface area (Å²) in [4.78, 5) is 33.6. The third kappa shape index (κ3) is 4.97. The predicted octanol–water partition coefficient (Wildman–Crippen LogP) is 1.87. The van der Waals surface area contributed by atoms with Crippen molar-refractivity contribution in [2.75, 3.05) is 45.8 Å². The molecule has 9 heteroatoms. The number of likely N-dealkylation sites (tertiary alicyclic amines) is 1. The minimum absolute atomic E-state index is 0.126. The molecule has 3 heterocycles. The summed E-state index contributed by atoms with van der Waals surface area (Å²) in [7, 11) is 0. The number of hydrogen-bond acceptors (Lipinski definition) is 4. The second kappa shape index (κ2) is 8.24. The first-order chi connectivity index (χ1) is 12.8. The van der Waals surface area contributed by atoms with Crippen molar-refractivity contribution in [3.63, 3.8) is 0 Å². The van der Waals surface area contributed by atoms with Crippen LogP contribution in [0.3, 0.4) is 0 Å². The molecule has 6 nitrogen and oxygen atoms in total. The molecule has 0 unspecified atom stereocenters. The van der Waals surface area contributed by atoms with Crippen LogP contribution in [-0.2, 0) is 11.0 Å². The van der Waals surface area contributed by atoms with Gasteiger partial charge in [-0.3, -0.25) is 19.5 Å². The minimum Gasteiger partial charge on any atom is -0.342 e. The SMILES string of the molecule is O=C(CN1CCN(C(=O)c2ccc(C(F)(F)F)nc2)CC1)N1CCCCC1. The molecule has 1 aromatic rings. The largest absolute Gasteiger partial charge is 0.433 e. The van der Waals surface area contributed by atoms with Gasteiger partial charge in [0.25, 0.3) is 5.91 Å². The van der Waals surface area contributed by atoms with Gasteiger partial charge in [-0.25, -0.2) is 0 Å². The summed E-state index contributed by atoms with van der Waals surface area (Å²) < 4.78 is 37.7. The monoisotopic (exact) mass is 384 g/mol. The van der Waals surface area contributed by atoms with Crippen molar-refractivity contribution in [2.24, 2.45) is 0 Å². The molecule has 2 amide bonds. The smallest absolute Gasteiger partial charge is 0.342 e. The fraction of sp³-hybridized carbons (Fsp3) is 0.611. The van der Waals surface area contributed by atoms with Crippen LogP contribution in [0.2, 0.25) is 0 Å². The van der Waals surface area contributed by atoms with Crippen LogP contribution in [0.4, 0.5) is 13.2 Å². The van der Waals surface area contributed by atoms with Crippen LogP contribution in [-0.4, -0.2) is 77.3 Å². The van der Waals surface area contributed by atoms with E-state index in [0.29, 0.717) is 32.7 Å². The molecule has 0 N–H and O–H groups in total. The van der Waals surface area contributed by atoms with E-state index in [-0.39, 0.29) is 17.4 Å². The van der Waals surface area contributed by atoms with Gasteiger partial charge in [0, 0.05) is 45.5 Å². The van der Waals surface area contributed by atoms with Crippen LogP contribution < -0.4 is 0 Å². The summed E-state index contributed by atoms with van der Waals surface area (Å²) in [5.41, 5.74) is -0.874. The number of nitrogens with zero attached hydrogens (tertiary/aromatic N) is 4. The van der Waals surface area contributed by atoms with Gasteiger partial charge < -0.3 is 9.80 Å². The van der Waals surface area contributed by atoms with E-state index in [2.05, 4.69) is 4.98 Å². The molecular weight excluding hydrogens is 361 g/mol. The maximum absolute atomic E-state index is 12.6. The molecule has 0 bridgehead atoms. The van der Waals surface area contributed by atoms with E-state index in [0.717, 1.165) is 44.3 Å². The highest BCUT2D eigenvalue weighted by Gasteiger charge is 2.32. The van der Waals surface area contributed by atoms with Gasteiger partial charge in [-0.15, -0.1) is 0 Å². The molecule has 1 aromatic heterocycles. The first-order valence-electron chi connectivity index (χ1n) is 9.17. The van der Waals surface area contributed by atoms with Crippen molar-refractivity contribution < 1.29 is 22.8 Å². The Balaban J connectivity index is 1.49. The number of aromatic nitrogens is 1. The summed E-state index contributed by atoms with van der Waals surface area (Å²) >= 11 is 0. The Hall–Kier alpha value is -2.16. The van der Waals surface area contributed by atoms with E-state index in [9.17, 15) is 22.8 Å². The third-order valence-corrected chi connectivity index (χ3v) is 5.03. The highest BCUT2D eigenvalue weighted by Crippen LogP contribution is 2.27. The van der Waals surface area contributed by atoms with Gasteiger partial charge in [-0.2, -0.15) is 13.2 Å². The van der Waals surface area contributed by atoms with Gasteiger partial charge in [0.15, 0.2) is 0 Å². The summed E-state index contributed by atoms with van der Waals surface area (Å²) in [5.74, 6) is -0.209. The number of rotatable bonds is 3. The average Bonchev–Trinajstić information content (AvgIpc) is 2.68. The Morgan fingerprint density at radius 3 is 2.15 bits per heavy atom. The molecule has 0 atom stereocenters. The molecule has 0 aliphatic carbocycles. The van der Waals surface area contributed by atoms with Gasteiger partial charge in [-0.05, 0) is 31.4 Å². The van der Waals surface area contributed by atoms with Crippen molar-refractivity contribution in [2.45, 2.75) is 25.4 Å². The number of piperazine rings is 1. The van der Waals surface area contributed by atoms with E-state index in [4.69, 9.17) is 0 Å². The number of hydrogen-bond donors (Lipinski definition) is 0. The molecule has 2 aliphatic heterocycles. The number of amides is 2. The maximum atomic E-state index is 12.6. The predicted molar refractivity (Wildman–Crippen MR) is 92.0 cm³/mol. The van der Waals surface area contributed by atoms with Gasteiger partial charge in [-0.1, -0.05) is 0 Å². The Morgan fingerprint density at radius 2 is 1.59 bits per heavy atom. The van der Waals surface area contributed by atoms with Crippen molar-refractivity contribution >= 4 is 11.8 Å². The summed E-state index contributed by atoms with van der Waals surface area (Å²) in [6, 6.07) is 1.98. The van der Waals surface area contributed by atoms with Crippen molar-refractivity contribution in [1.29, 1.82) is 0 Å². The zero-order valence-electron chi connectivity index (χ0n) is 15.0. The van der Waals surface area contributed by atoms with Crippen molar-refractivity contribution in [1.82, 2.24) is 19.7 Å². The number of carbonyl (C=O) groups is 2. The standard InChI is InChI=1S/C18H23F3N4O2/c19-18(20,21)15-5-4-14(12-22-15)17(27)25-10-8-23(9-11-25)13-16(26)24-6-2-1-3-7-24/h4-5,12H,1-3,6-11,13H2. The van der Waals surface area contributed by atoms with Gasteiger partial charge in [0.05, 0.1) is 12.1 Å². The van der Waals surface area contributed by atoms with Gasteiger partial charge in [0.2, 0.25) is 5.91 Å². The summed E-state index contributed by atoms with van der Waals surface area (Å²) in [5, 5.41) is 0. The quantitative estimate of drug-likeness (QED) is 0.799. The Labute approximate surface area is 155 Å². The minimum atomic E-state index is -4.52. The molecule has 2 saturated heterocycles. The number of piperidine rings is 1. The lowest BCUT2D eigenvalue weighted by Crippen LogP contribution is -2.52. The Kier molecular flexibility index (Phi) is 5.98. The highest BCUT2D eigenvalue weighted by molar-refractivity contribution is 5.94. The average molecular weight is 384 g/mol. The van der Waals surface area contributed by atoms with Gasteiger partial charge >= 0.3 is 6.18 Å². The van der Waals surface area contributed by atoms with Crippen LogP contribution in [0.1, 0.15) is 35.3 Å². The molecule has 2 fully saturated rings. The molecule has 0 saturated carbocycles. The van der Waals surface area contributed by atoms with Crippen LogP contribution in [0, 0.1) is 0 Å². The van der Waals surface area contributed by atoms with Crippen molar-refractivity contribution in [3.8, 4) is 0 Å². The van der Waals surface area contributed by atoms with Crippen LogP contribution in [0.15, 0.2) is 18.3 Å². The third-order valence-electron chi connectivity index (χ3n) is 5.03. The van der Waals surface area contributed by atoms with E-state index in [1.807, 2.05) is 9.80 Å². The Morgan fingerprint density at radius 1 is 0.926 bits per heavy atom. The van der Waals surface area contributed by atoms with E-state index in [1.54, 1.807) is 4.90 Å². The molecule has 0 spiro atoms. The second-order valence-electron chi connectivity index (χ2n) is 6.94. The molecule has 27 heavy (non-hydrogen) atoms. The lowest BCUT2D eigenvalue weighted by Gasteiger charge is -2.36. The Bertz CT molecular complexity index is 664. The normalized spacial score (nSPS) is 19.2. The van der Waals surface area contributed by atoms with E-state index < -0.39 is 11.9 Å². The van der Waals surface area contributed by atoms with Crippen LogP contribution in [0.5, 0.6) is 0 Å². The molecular formula is C18H23F3N4O2. The zero-order chi connectivity index (χ0) is 19.4. The topological polar surface area (TPSA) is 56.8 Å². The lowest BCUT2D eigenvalue weighted by molar-refractivity contribution is -0.141. The molecule has 3 rings (SSSR count). The van der Waals surface area contributed by atoms with Crippen LogP contribution >= 0.6 is 0 Å². The number of alkyl halides is 3. The summed E-state index contributed by atoms with van der Waals surface area (Å²) in [6.45, 7) is 4.00. The van der Waals surface area contributed by atoms with Crippen molar-refractivity contribution in [3.05, 3.63) is 29.6 Å². The molecule has 148 valence electrons. The molecule has 0 radical (unpaired) electrons. The summed E-state index contributed by atoms with van der Waals surface area (Å²) in [6.07, 6.45) is -0.279. The second-order valence-corrected chi connectivity index (χ2v) is 6.94. The molecule has 2 aliphatic rings. The zero-order valence-corrected chi connectivity index (χ0v) is 15.0. The lowest BCUT2D eigenvalue weighted by atomic mass is 10.1. The van der Waals surface area contributed by atoms with E-state index in [1.165, 1.54) is 6.42 Å². The molecule has 0 aromatic carbocycles. The highest BCUT2D eigenvalue weighted by atomic mass is 19.4.